The van der Waals surface area contributed by atoms with Gasteiger partial charge in [0.25, 0.3) is 0 Å². The zero-order chi connectivity index (χ0) is 16.5. The van der Waals surface area contributed by atoms with Crippen molar-refractivity contribution in [3.05, 3.63) is 59.9 Å². The normalized spacial score (nSPS) is 15.0. The van der Waals surface area contributed by atoms with E-state index in [0.717, 1.165) is 54.9 Å². The topological polar surface area (TPSA) is 37.3 Å². The molecule has 0 atom stereocenters. The Labute approximate surface area is 139 Å². The van der Waals surface area contributed by atoms with Crippen molar-refractivity contribution in [1.82, 2.24) is 9.88 Å². The number of aromatic nitrogens is 1. The molecule has 0 radical (unpaired) electrons. The fourth-order valence-electron chi connectivity index (χ4n) is 3.41. The number of rotatable bonds is 3. The van der Waals surface area contributed by atoms with Gasteiger partial charge in [0.1, 0.15) is 11.6 Å². The Kier molecular flexibility index (Phi) is 3.78. The summed E-state index contributed by atoms with van der Waals surface area (Å²) < 4.78 is 15.4. The van der Waals surface area contributed by atoms with Crippen LogP contribution in [0.4, 0.5) is 10.2 Å². The summed E-state index contributed by atoms with van der Waals surface area (Å²) in [6, 6.07) is 14.3. The highest BCUT2D eigenvalue weighted by molar-refractivity contribution is 6.05. The molecule has 5 heteroatoms. The van der Waals surface area contributed by atoms with Crippen molar-refractivity contribution in [3.63, 3.8) is 0 Å². The van der Waals surface area contributed by atoms with Gasteiger partial charge in [-0.3, -0.25) is 9.36 Å². The van der Waals surface area contributed by atoms with Crippen molar-refractivity contribution in [1.29, 1.82) is 0 Å². The average Bonchev–Trinajstić information content (AvgIpc) is 2.97. The number of para-hydroxylation sites is 1. The lowest BCUT2D eigenvalue weighted by molar-refractivity contribution is 0.112. The lowest BCUT2D eigenvalue weighted by Crippen LogP contribution is -2.44. The number of halogens is 1. The number of nitrogens with zero attached hydrogens (tertiary/aromatic N) is 2. The quantitative estimate of drug-likeness (QED) is 0.753. The first kappa shape index (κ1) is 14.9. The molecule has 24 heavy (non-hydrogen) atoms. The number of anilines is 1. The predicted molar refractivity (Wildman–Crippen MR) is 93.7 cm³/mol. The fourth-order valence-corrected chi connectivity index (χ4v) is 3.41. The fraction of sp³-hybridized carbons (Fsp3) is 0.211. The third-order valence-corrected chi connectivity index (χ3v) is 4.51. The minimum atomic E-state index is -0.269. The van der Waals surface area contributed by atoms with Crippen LogP contribution in [0.2, 0.25) is 0 Å². The number of fused-ring (bicyclic) bond motifs is 1. The highest BCUT2D eigenvalue weighted by Gasteiger charge is 2.23. The van der Waals surface area contributed by atoms with Crippen LogP contribution in [0.15, 0.2) is 48.5 Å². The molecule has 1 fully saturated rings. The maximum absolute atomic E-state index is 13.4. The molecule has 0 unspecified atom stereocenters. The molecule has 122 valence electrons. The van der Waals surface area contributed by atoms with Crippen molar-refractivity contribution >= 4 is 23.0 Å². The summed E-state index contributed by atoms with van der Waals surface area (Å²) in [5.41, 5.74) is 2.51. The minimum absolute atomic E-state index is 0.269. The van der Waals surface area contributed by atoms with E-state index in [1.807, 2.05) is 24.3 Å². The van der Waals surface area contributed by atoms with Crippen LogP contribution in [0.1, 0.15) is 10.4 Å². The van der Waals surface area contributed by atoms with Crippen LogP contribution in [0.3, 0.4) is 0 Å². The van der Waals surface area contributed by atoms with Crippen LogP contribution in [0, 0.1) is 5.82 Å². The van der Waals surface area contributed by atoms with Gasteiger partial charge < -0.3 is 10.2 Å². The molecule has 0 amide bonds. The van der Waals surface area contributed by atoms with Crippen molar-refractivity contribution in [2.24, 2.45) is 0 Å². The number of nitrogens with one attached hydrogen (secondary N) is 1. The zero-order valence-corrected chi connectivity index (χ0v) is 13.2. The van der Waals surface area contributed by atoms with E-state index >= 15 is 0 Å². The van der Waals surface area contributed by atoms with Crippen LogP contribution < -0.4 is 10.2 Å². The molecule has 1 saturated heterocycles. The molecule has 4 nitrogen and oxygen atoms in total. The Balaban J connectivity index is 2.01. The molecule has 0 bridgehead atoms. The molecule has 1 aromatic heterocycles. The Morgan fingerprint density at radius 1 is 1.00 bits per heavy atom. The number of hydrogen-bond donors (Lipinski definition) is 1. The molecule has 4 rings (SSSR count). The Morgan fingerprint density at radius 3 is 2.42 bits per heavy atom. The molecule has 0 saturated carbocycles. The number of piperazine rings is 1. The molecule has 0 aliphatic carbocycles. The minimum Gasteiger partial charge on any atom is -0.355 e. The molecule has 2 aromatic carbocycles. The Bertz CT molecular complexity index is 880. The second kappa shape index (κ2) is 6.09. The van der Waals surface area contributed by atoms with Gasteiger partial charge in [-0.2, -0.15) is 0 Å². The summed E-state index contributed by atoms with van der Waals surface area (Å²) in [6.07, 6.45) is 0.930. The monoisotopic (exact) mass is 323 g/mol. The summed E-state index contributed by atoms with van der Waals surface area (Å²) in [5, 5.41) is 4.26. The molecular weight excluding hydrogens is 305 g/mol. The van der Waals surface area contributed by atoms with Crippen LogP contribution in [-0.2, 0) is 0 Å². The Hall–Kier alpha value is -2.66. The van der Waals surface area contributed by atoms with E-state index in [4.69, 9.17) is 0 Å². The maximum atomic E-state index is 13.4. The number of carbonyl (C=O) groups is 1. The van der Waals surface area contributed by atoms with Crippen molar-refractivity contribution < 1.29 is 9.18 Å². The molecular formula is C19H18FN3O. The van der Waals surface area contributed by atoms with Gasteiger partial charge >= 0.3 is 0 Å². The van der Waals surface area contributed by atoms with Gasteiger partial charge in [-0.15, -0.1) is 0 Å². The molecule has 1 aliphatic heterocycles. The van der Waals surface area contributed by atoms with E-state index in [0.29, 0.717) is 5.56 Å². The van der Waals surface area contributed by atoms with Crippen molar-refractivity contribution in [2.45, 2.75) is 0 Å². The number of benzene rings is 2. The lowest BCUT2D eigenvalue weighted by Gasteiger charge is -2.31. The summed E-state index contributed by atoms with van der Waals surface area (Å²) in [5.74, 6) is 0.619. The second-order valence-electron chi connectivity index (χ2n) is 5.92. The Morgan fingerprint density at radius 2 is 1.71 bits per heavy atom. The summed E-state index contributed by atoms with van der Waals surface area (Å²) >= 11 is 0. The second-order valence-corrected chi connectivity index (χ2v) is 5.92. The van der Waals surface area contributed by atoms with E-state index in [-0.39, 0.29) is 5.82 Å². The van der Waals surface area contributed by atoms with Gasteiger partial charge in [0.05, 0.1) is 11.1 Å². The zero-order valence-electron chi connectivity index (χ0n) is 13.2. The van der Waals surface area contributed by atoms with Crippen LogP contribution in [-0.4, -0.2) is 37.0 Å². The summed E-state index contributed by atoms with van der Waals surface area (Å²) in [7, 11) is 0. The van der Waals surface area contributed by atoms with E-state index < -0.39 is 0 Å². The maximum Gasteiger partial charge on any atom is 0.154 e. The summed E-state index contributed by atoms with van der Waals surface area (Å²) in [4.78, 5) is 14.1. The van der Waals surface area contributed by atoms with Crippen LogP contribution in [0.5, 0.6) is 0 Å². The van der Waals surface area contributed by atoms with Gasteiger partial charge in [-0.1, -0.05) is 18.2 Å². The highest BCUT2D eigenvalue weighted by atomic mass is 19.1. The number of carbonyl (C=O) groups excluding carboxylic acids is 1. The molecule has 1 N–H and O–H groups in total. The SMILES string of the molecule is O=Cc1c(N2CCNCC2)n(-c2ccc(F)cc2)c2ccccc12. The first-order chi connectivity index (χ1) is 11.8. The van der Waals surface area contributed by atoms with Gasteiger partial charge in [0.15, 0.2) is 6.29 Å². The first-order valence-corrected chi connectivity index (χ1v) is 8.10. The number of aldehydes is 1. The van der Waals surface area contributed by atoms with Gasteiger partial charge in [-0.25, -0.2) is 4.39 Å². The van der Waals surface area contributed by atoms with E-state index in [2.05, 4.69) is 14.8 Å². The molecule has 1 aliphatic rings. The third-order valence-electron chi connectivity index (χ3n) is 4.51. The summed E-state index contributed by atoms with van der Waals surface area (Å²) in [6.45, 7) is 3.42. The average molecular weight is 323 g/mol. The number of hydrogen-bond acceptors (Lipinski definition) is 3. The molecule has 2 heterocycles. The smallest absolute Gasteiger partial charge is 0.154 e. The van der Waals surface area contributed by atoms with Gasteiger partial charge in [0.2, 0.25) is 0 Å². The lowest BCUT2D eigenvalue weighted by atomic mass is 10.2. The first-order valence-electron chi connectivity index (χ1n) is 8.10. The van der Waals surface area contributed by atoms with Crippen molar-refractivity contribution in [3.8, 4) is 5.69 Å². The van der Waals surface area contributed by atoms with Crippen molar-refractivity contribution in [2.75, 3.05) is 31.1 Å². The largest absolute Gasteiger partial charge is 0.355 e. The van der Waals surface area contributed by atoms with E-state index in [1.54, 1.807) is 12.1 Å². The van der Waals surface area contributed by atoms with Gasteiger partial charge in [0, 0.05) is 37.3 Å². The van der Waals surface area contributed by atoms with Crippen LogP contribution >= 0.6 is 0 Å². The van der Waals surface area contributed by atoms with E-state index in [1.165, 1.54) is 12.1 Å². The van der Waals surface area contributed by atoms with Crippen LogP contribution in [0.25, 0.3) is 16.6 Å². The molecule has 3 aromatic rings. The standard InChI is InChI=1S/C19H18FN3O/c20-14-5-7-15(8-6-14)23-18-4-2-1-3-16(18)17(13-24)19(23)22-11-9-21-10-12-22/h1-8,13,21H,9-12H2. The molecule has 0 spiro atoms. The third kappa shape index (κ3) is 2.37. The van der Waals surface area contributed by atoms with E-state index in [9.17, 15) is 9.18 Å². The highest BCUT2D eigenvalue weighted by Crippen LogP contribution is 2.35. The predicted octanol–water partition coefficient (Wildman–Crippen LogP) is 2.99. The van der Waals surface area contributed by atoms with Gasteiger partial charge in [-0.05, 0) is 30.3 Å².